The fourth-order valence-corrected chi connectivity index (χ4v) is 3.40. The largest absolute Gasteiger partial charge is 0.481 e. The highest BCUT2D eigenvalue weighted by atomic mass is 35.5. The molecule has 2 aromatic heterocycles. The number of thiophene rings is 1. The van der Waals surface area contributed by atoms with Crippen LogP contribution in [-0.2, 0) is 11.2 Å². The van der Waals surface area contributed by atoms with Crippen LogP contribution >= 0.6 is 22.9 Å². The maximum absolute atomic E-state index is 11.7. The van der Waals surface area contributed by atoms with Crippen LogP contribution in [-0.4, -0.2) is 16.1 Å². The monoisotopic (exact) mass is 317 g/mol. The van der Waals surface area contributed by atoms with Gasteiger partial charge in [-0.25, -0.2) is 0 Å². The van der Waals surface area contributed by atoms with Gasteiger partial charge in [0.15, 0.2) is 0 Å². The van der Waals surface area contributed by atoms with Gasteiger partial charge in [0.05, 0.1) is 5.69 Å². The minimum Gasteiger partial charge on any atom is -0.481 e. The van der Waals surface area contributed by atoms with Crippen molar-refractivity contribution in [2.24, 2.45) is 0 Å². The topological polar surface area (TPSA) is 50.2 Å². The number of hydrogen-bond donors (Lipinski definition) is 1. The van der Waals surface area contributed by atoms with Gasteiger partial charge >= 0.3 is 5.97 Å². The number of pyridine rings is 1. The molecule has 1 unspecified atom stereocenters. The highest BCUT2D eigenvalue weighted by molar-refractivity contribution is 7.17. The highest BCUT2D eigenvalue weighted by Crippen LogP contribution is 2.30. The molecular weight excluding hydrogens is 306 g/mol. The van der Waals surface area contributed by atoms with Gasteiger partial charge in [0.2, 0.25) is 0 Å². The summed E-state index contributed by atoms with van der Waals surface area (Å²) in [6.07, 6.45) is 2.04. The van der Waals surface area contributed by atoms with Crippen molar-refractivity contribution in [1.29, 1.82) is 0 Å². The normalized spacial score (nSPS) is 12.4. The summed E-state index contributed by atoms with van der Waals surface area (Å²) in [5, 5.41) is 13.1. The number of aromatic nitrogens is 1. The van der Waals surface area contributed by atoms with Crippen molar-refractivity contribution in [3.05, 3.63) is 64.3 Å². The minimum absolute atomic E-state index is 0.373. The van der Waals surface area contributed by atoms with E-state index in [1.54, 1.807) is 29.7 Å². The van der Waals surface area contributed by atoms with E-state index in [1.165, 1.54) is 0 Å². The lowest BCUT2D eigenvalue weighted by Gasteiger charge is -2.13. The van der Waals surface area contributed by atoms with Gasteiger partial charge in [-0.15, -0.1) is 11.3 Å². The van der Waals surface area contributed by atoms with Crippen LogP contribution in [0.5, 0.6) is 0 Å². The van der Waals surface area contributed by atoms with Gasteiger partial charge in [0.1, 0.15) is 5.92 Å². The first-order chi connectivity index (χ1) is 10.1. The summed E-state index contributed by atoms with van der Waals surface area (Å²) >= 11 is 7.56. The molecule has 0 aliphatic heterocycles. The van der Waals surface area contributed by atoms with E-state index in [9.17, 15) is 9.90 Å². The number of fused-ring (bicyclic) bond motifs is 1. The first-order valence-corrected chi connectivity index (χ1v) is 7.70. The average molecular weight is 318 g/mol. The number of hydrogen-bond acceptors (Lipinski definition) is 3. The van der Waals surface area contributed by atoms with Gasteiger partial charge in [-0.3, -0.25) is 9.78 Å². The molecule has 0 amide bonds. The third-order valence-corrected chi connectivity index (χ3v) is 4.48. The third-order valence-electron chi connectivity index (χ3n) is 3.37. The zero-order valence-electron chi connectivity index (χ0n) is 11.0. The summed E-state index contributed by atoms with van der Waals surface area (Å²) in [6, 6.07) is 11.1. The van der Waals surface area contributed by atoms with Gasteiger partial charge in [-0.05, 0) is 41.6 Å². The Morgan fingerprint density at radius 3 is 2.95 bits per heavy atom. The number of benzene rings is 1. The highest BCUT2D eigenvalue weighted by Gasteiger charge is 2.24. The van der Waals surface area contributed by atoms with Crippen molar-refractivity contribution >= 4 is 39.0 Å². The SMILES string of the molecule is O=C(O)C(Cc1cccc(Cl)c1)c1nccc2sccc12. The van der Waals surface area contributed by atoms with Gasteiger partial charge in [-0.2, -0.15) is 0 Å². The van der Waals surface area contributed by atoms with E-state index in [2.05, 4.69) is 4.98 Å². The molecule has 3 rings (SSSR count). The number of halogens is 1. The van der Waals surface area contributed by atoms with Gasteiger partial charge < -0.3 is 5.11 Å². The number of rotatable bonds is 4. The molecule has 0 radical (unpaired) electrons. The second kappa shape index (κ2) is 5.84. The Hall–Kier alpha value is -1.91. The molecule has 21 heavy (non-hydrogen) atoms. The minimum atomic E-state index is -0.874. The molecule has 0 saturated heterocycles. The smallest absolute Gasteiger partial charge is 0.312 e. The van der Waals surface area contributed by atoms with E-state index in [-0.39, 0.29) is 0 Å². The first kappa shape index (κ1) is 14.0. The van der Waals surface area contributed by atoms with Gasteiger partial charge in [0.25, 0.3) is 0 Å². The van der Waals surface area contributed by atoms with Gasteiger partial charge in [0, 0.05) is 21.3 Å². The molecule has 0 saturated carbocycles. The van der Waals surface area contributed by atoms with Crippen LogP contribution in [0.3, 0.4) is 0 Å². The fraction of sp³-hybridized carbons (Fsp3) is 0.125. The van der Waals surface area contributed by atoms with Crippen molar-refractivity contribution in [3.63, 3.8) is 0 Å². The summed E-state index contributed by atoms with van der Waals surface area (Å²) in [6.45, 7) is 0. The number of carboxylic acids is 1. The van der Waals surface area contributed by atoms with Crippen molar-refractivity contribution in [2.45, 2.75) is 12.3 Å². The van der Waals surface area contributed by atoms with E-state index in [0.29, 0.717) is 17.1 Å². The van der Waals surface area contributed by atoms with Crippen LogP contribution in [0.4, 0.5) is 0 Å². The second-order valence-corrected chi connectivity index (χ2v) is 6.14. The van der Waals surface area contributed by atoms with Gasteiger partial charge in [-0.1, -0.05) is 23.7 Å². The molecule has 1 N–H and O–H groups in total. The molecule has 5 heteroatoms. The Morgan fingerprint density at radius 2 is 2.19 bits per heavy atom. The number of carboxylic acid groups (broad SMARTS) is 1. The van der Waals surface area contributed by atoms with Crippen LogP contribution in [0, 0.1) is 0 Å². The Kier molecular flexibility index (Phi) is 3.90. The van der Waals surface area contributed by atoms with Crippen LogP contribution < -0.4 is 0 Å². The lowest BCUT2D eigenvalue weighted by atomic mass is 9.94. The quantitative estimate of drug-likeness (QED) is 0.777. The van der Waals surface area contributed by atoms with Crippen LogP contribution in [0.1, 0.15) is 17.2 Å². The summed E-state index contributed by atoms with van der Waals surface area (Å²) in [7, 11) is 0. The first-order valence-electron chi connectivity index (χ1n) is 6.44. The molecular formula is C16H12ClNO2S. The van der Waals surface area contributed by atoms with E-state index < -0.39 is 11.9 Å². The van der Waals surface area contributed by atoms with E-state index in [1.807, 2.05) is 29.6 Å². The molecule has 0 aliphatic carbocycles. The van der Waals surface area contributed by atoms with Crippen LogP contribution in [0.2, 0.25) is 5.02 Å². The second-order valence-electron chi connectivity index (χ2n) is 4.75. The van der Waals surface area contributed by atoms with Crippen molar-refractivity contribution < 1.29 is 9.90 Å². The number of nitrogens with zero attached hydrogens (tertiary/aromatic N) is 1. The van der Waals surface area contributed by atoms with Crippen molar-refractivity contribution in [1.82, 2.24) is 4.98 Å². The Balaban J connectivity index is 2.02. The molecule has 3 nitrogen and oxygen atoms in total. The maximum Gasteiger partial charge on any atom is 0.312 e. The zero-order chi connectivity index (χ0) is 14.8. The Labute approximate surface area is 130 Å². The van der Waals surface area contributed by atoms with E-state index in [0.717, 1.165) is 15.6 Å². The molecule has 1 aromatic carbocycles. The Bertz CT molecular complexity index is 800. The average Bonchev–Trinajstić information content (AvgIpc) is 2.93. The molecule has 0 spiro atoms. The van der Waals surface area contributed by atoms with E-state index >= 15 is 0 Å². The lowest BCUT2D eigenvalue weighted by Crippen LogP contribution is -2.16. The molecule has 1 atom stereocenters. The molecule has 0 aliphatic rings. The van der Waals surface area contributed by atoms with E-state index in [4.69, 9.17) is 11.6 Å². The molecule has 0 bridgehead atoms. The molecule has 106 valence electrons. The Morgan fingerprint density at radius 1 is 1.33 bits per heavy atom. The zero-order valence-corrected chi connectivity index (χ0v) is 12.6. The summed E-state index contributed by atoms with van der Waals surface area (Å²) < 4.78 is 1.05. The maximum atomic E-state index is 11.7. The third kappa shape index (κ3) is 2.91. The molecule has 2 heterocycles. The molecule has 3 aromatic rings. The standard InChI is InChI=1S/C16H12ClNO2S/c17-11-3-1-2-10(8-11)9-13(16(19)20)15-12-5-7-21-14(12)4-6-18-15/h1-8,13H,9H2,(H,19,20). The fourth-order valence-electron chi connectivity index (χ4n) is 2.39. The summed E-state index contributed by atoms with van der Waals surface area (Å²) in [4.78, 5) is 16.0. The molecule has 0 fully saturated rings. The van der Waals surface area contributed by atoms with Crippen LogP contribution in [0.25, 0.3) is 10.1 Å². The summed E-state index contributed by atoms with van der Waals surface area (Å²) in [5.41, 5.74) is 1.50. The van der Waals surface area contributed by atoms with Crippen LogP contribution in [0.15, 0.2) is 48.0 Å². The number of carbonyl (C=O) groups is 1. The van der Waals surface area contributed by atoms with Crippen molar-refractivity contribution in [3.8, 4) is 0 Å². The lowest BCUT2D eigenvalue weighted by molar-refractivity contribution is -0.138. The summed E-state index contributed by atoms with van der Waals surface area (Å²) in [5.74, 6) is -1.55. The predicted molar refractivity (Wildman–Crippen MR) is 85.2 cm³/mol. The van der Waals surface area contributed by atoms with Crippen molar-refractivity contribution in [2.75, 3.05) is 0 Å². The number of aliphatic carboxylic acids is 1. The predicted octanol–water partition coefficient (Wildman–Crippen LogP) is 4.36.